The fraction of sp³-hybridized carbons (Fsp3) is 1.00. The van der Waals surface area contributed by atoms with Gasteiger partial charge >= 0.3 is 0 Å². The van der Waals surface area contributed by atoms with Crippen molar-refractivity contribution in [1.29, 1.82) is 5.53 Å². The predicted octanol–water partition coefficient (Wildman–Crippen LogP) is 0.557. The molecule has 0 atom stereocenters. The molecule has 0 aromatic rings. The van der Waals surface area contributed by atoms with Gasteiger partial charge in [0.05, 0.1) is 0 Å². The van der Waals surface area contributed by atoms with Crippen molar-refractivity contribution < 1.29 is 0 Å². The van der Waals surface area contributed by atoms with Crippen molar-refractivity contribution in [3.8, 4) is 0 Å². The Bertz CT molecular complexity index is 51.9. The number of hydrogen-bond acceptors (Lipinski definition) is 2. The van der Waals surface area contributed by atoms with Crippen LogP contribution in [0.2, 0.25) is 0 Å². The van der Waals surface area contributed by atoms with Crippen molar-refractivity contribution in [3.05, 3.63) is 0 Å². The first-order valence-electron chi connectivity index (χ1n) is 1.45. The topological polar surface area (TPSA) is 50.3 Å². The van der Waals surface area contributed by atoms with Crippen LogP contribution in [0.1, 0.15) is 6.92 Å². The third-order valence-corrected chi connectivity index (χ3v) is 0.212. The van der Waals surface area contributed by atoms with E-state index in [1.54, 1.807) is 0 Å². The molecule has 0 heterocycles. The van der Waals surface area contributed by atoms with Crippen LogP contribution in [0.15, 0.2) is 5.11 Å². The number of rotatable bonds is 1. The van der Waals surface area contributed by atoms with Gasteiger partial charge in [-0.15, -0.1) is 0 Å². The van der Waals surface area contributed by atoms with E-state index in [0.29, 0.717) is 6.54 Å². The van der Waals surface area contributed by atoms with Crippen LogP contribution in [0.4, 0.5) is 0 Å². The first kappa shape index (κ1) is 4.31. The molecular weight excluding hydrogens is 66.0 g/mol. The largest absolute Gasteiger partial charge is 0.214 e. The average Bonchev–Trinajstić information content (AvgIpc) is 1.41. The molecule has 0 unspecified atom stereocenters. The van der Waals surface area contributed by atoms with Crippen molar-refractivity contribution in [2.75, 3.05) is 6.54 Å². The minimum Gasteiger partial charge on any atom is -0.0383 e. The van der Waals surface area contributed by atoms with Gasteiger partial charge in [-0.2, -0.15) is 0 Å². The molecule has 0 aromatic heterocycles. The molecule has 0 saturated heterocycles. The maximum atomic E-state index is 6.06. The number of nitrogens with zero attached hydrogens (tertiary/aromatic N) is 2. The van der Waals surface area contributed by atoms with Gasteiger partial charge in [-0.25, -0.2) is 0 Å². The van der Waals surface area contributed by atoms with Crippen LogP contribution in [0.5, 0.6) is 0 Å². The summed E-state index contributed by atoms with van der Waals surface area (Å²) in [4.78, 5) is 2.73. The Morgan fingerprint density at radius 3 is 2.60 bits per heavy atom. The second-order valence-electron chi connectivity index (χ2n) is 0.558. The van der Waals surface area contributed by atoms with Gasteiger partial charge in [0, 0.05) is 0 Å². The Balaban J connectivity index is 2.93. The SMILES string of the molecule is CCN=[N+]=N. The van der Waals surface area contributed by atoms with E-state index in [0.717, 1.165) is 0 Å². The highest BCUT2D eigenvalue weighted by molar-refractivity contribution is 4.10. The van der Waals surface area contributed by atoms with Crippen molar-refractivity contribution in [2.24, 2.45) is 5.11 Å². The zero-order valence-corrected chi connectivity index (χ0v) is 3.10. The Kier molecular flexibility index (Phi) is 2.85. The predicted molar refractivity (Wildman–Crippen MR) is 17.8 cm³/mol. The Labute approximate surface area is 30.2 Å². The molecule has 0 aliphatic carbocycles. The van der Waals surface area contributed by atoms with Gasteiger partial charge < -0.3 is 0 Å². The average molecular weight is 72.1 g/mol. The van der Waals surface area contributed by atoms with Gasteiger partial charge in [0.15, 0.2) is 0 Å². The summed E-state index contributed by atoms with van der Waals surface area (Å²) in [5.41, 5.74) is 6.06. The summed E-state index contributed by atoms with van der Waals surface area (Å²) in [6.07, 6.45) is 0. The summed E-state index contributed by atoms with van der Waals surface area (Å²) in [6.45, 7) is 2.45. The van der Waals surface area contributed by atoms with Crippen LogP contribution in [0, 0.1) is 5.53 Å². The normalized spacial score (nSPS) is 5.80. The van der Waals surface area contributed by atoms with Crippen molar-refractivity contribution in [3.63, 3.8) is 0 Å². The zero-order chi connectivity index (χ0) is 4.12. The van der Waals surface area contributed by atoms with Crippen LogP contribution >= 0.6 is 0 Å². The second kappa shape index (κ2) is 3.31. The van der Waals surface area contributed by atoms with E-state index in [-0.39, 0.29) is 0 Å². The van der Waals surface area contributed by atoms with Crippen LogP contribution < -0.4 is 4.91 Å². The van der Waals surface area contributed by atoms with Gasteiger partial charge in [-0.1, -0.05) is 0 Å². The molecule has 0 fully saturated rings. The second-order valence-corrected chi connectivity index (χ2v) is 0.558. The minimum absolute atomic E-state index is 0.615. The lowest BCUT2D eigenvalue weighted by Crippen LogP contribution is -1.61. The summed E-state index contributed by atoms with van der Waals surface area (Å²) in [7, 11) is 0. The molecule has 28 valence electrons. The molecule has 0 radical (unpaired) electrons. The molecule has 5 heavy (non-hydrogen) atoms. The fourth-order valence-electron chi connectivity index (χ4n) is 0.0707. The highest BCUT2D eigenvalue weighted by Gasteiger charge is 1.65. The van der Waals surface area contributed by atoms with Crippen molar-refractivity contribution >= 4 is 0 Å². The van der Waals surface area contributed by atoms with Gasteiger partial charge in [-0.3, -0.25) is 0 Å². The van der Waals surface area contributed by atoms with E-state index in [9.17, 15) is 0 Å². The zero-order valence-electron chi connectivity index (χ0n) is 3.10. The third-order valence-electron chi connectivity index (χ3n) is 0.212. The van der Waals surface area contributed by atoms with Gasteiger partial charge in [0.25, 0.3) is 0 Å². The lowest BCUT2D eigenvalue weighted by Gasteiger charge is -1.44. The molecule has 0 aromatic carbocycles. The smallest absolute Gasteiger partial charge is 0.0383 e. The standard InChI is InChI=1S/C2H6N3/c1-2-4-5-3/h3H,2H2,1H3/q+1. The van der Waals surface area contributed by atoms with E-state index in [1.165, 1.54) is 0 Å². The number of nitrogens with one attached hydrogen (secondary N) is 1. The quantitative estimate of drug-likeness (QED) is 0.347. The lowest BCUT2D eigenvalue weighted by molar-refractivity contribution is 0.887. The van der Waals surface area contributed by atoms with Crippen LogP contribution in [0.3, 0.4) is 0 Å². The van der Waals surface area contributed by atoms with Crippen molar-refractivity contribution in [2.45, 2.75) is 6.92 Å². The van der Waals surface area contributed by atoms with Crippen molar-refractivity contribution in [1.82, 2.24) is 4.91 Å². The molecule has 0 aliphatic heterocycles. The van der Waals surface area contributed by atoms with Gasteiger partial charge in [0.2, 0.25) is 4.91 Å². The van der Waals surface area contributed by atoms with Gasteiger partial charge in [-0.05, 0) is 6.92 Å². The van der Waals surface area contributed by atoms with Crippen LogP contribution in [-0.4, -0.2) is 6.54 Å². The lowest BCUT2D eigenvalue weighted by atomic mass is 10.8. The number of hydrogen-bond donors (Lipinski definition) is 1. The maximum Gasteiger partial charge on any atom is 0.214 e. The van der Waals surface area contributed by atoms with E-state index in [2.05, 4.69) is 10.0 Å². The van der Waals surface area contributed by atoms with Crippen LogP contribution in [0.25, 0.3) is 0 Å². The summed E-state index contributed by atoms with van der Waals surface area (Å²) in [6, 6.07) is 0. The summed E-state index contributed by atoms with van der Waals surface area (Å²) in [5, 5.41) is 3.26. The fourth-order valence-corrected chi connectivity index (χ4v) is 0.0707. The highest BCUT2D eigenvalue weighted by Crippen LogP contribution is 1.51. The highest BCUT2D eigenvalue weighted by atomic mass is 15.1. The molecule has 0 spiro atoms. The van der Waals surface area contributed by atoms with Gasteiger partial charge in [0.1, 0.15) is 17.2 Å². The molecule has 0 saturated carbocycles. The monoisotopic (exact) mass is 72.1 g/mol. The summed E-state index contributed by atoms with van der Waals surface area (Å²) in [5.74, 6) is 0. The Morgan fingerprint density at radius 1 is 2.00 bits per heavy atom. The van der Waals surface area contributed by atoms with E-state index < -0.39 is 0 Å². The first-order valence-corrected chi connectivity index (χ1v) is 1.45. The Hall–Kier alpha value is -0.690. The summed E-state index contributed by atoms with van der Waals surface area (Å²) < 4.78 is 0. The Morgan fingerprint density at radius 2 is 2.60 bits per heavy atom. The molecule has 3 heteroatoms. The van der Waals surface area contributed by atoms with E-state index in [1.807, 2.05) is 6.92 Å². The molecule has 0 rings (SSSR count). The molecule has 1 N–H and O–H groups in total. The first-order chi connectivity index (χ1) is 2.41. The minimum atomic E-state index is 0.615. The maximum absolute atomic E-state index is 6.06. The summed E-state index contributed by atoms with van der Waals surface area (Å²) >= 11 is 0. The van der Waals surface area contributed by atoms with Crippen LogP contribution in [-0.2, 0) is 0 Å². The molecule has 0 aliphatic rings. The molecule has 3 nitrogen and oxygen atoms in total. The molecule has 0 amide bonds. The molecule has 0 bridgehead atoms. The van der Waals surface area contributed by atoms with E-state index >= 15 is 0 Å². The van der Waals surface area contributed by atoms with E-state index in [4.69, 9.17) is 5.53 Å². The molecular formula is C2H6N3+. The third kappa shape index (κ3) is 3.31.